The predicted molar refractivity (Wildman–Crippen MR) is 81.5 cm³/mol. The van der Waals surface area contributed by atoms with E-state index in [1.165, 1.54) is 11.3 Å². The number of hydrogen-bond acceptors (Lipinski definition) is 2. The molecule has 1 aromatic heterocycles. The average molecular weight is 277 g/mol. The summed E-state index contributed by atoms with van der Waals surface area (Å²) in [6.45, 7) is 9.20. The van der Waals surface area contributed by atoms with Gasteiger partial charge in [0.15, 0.2) is 0 Å². The highest BCUT2D eigenvalue weighted by Crippen LogP contribution is 2.40. The fraction of sp³-hybridized carbons (Fsp3) is 0.688. The van der Waals surface area contributed by atoms with E-state index in [1.54, 1.807) is 4.90 Å². The van der Waals surface area contributed by atoms with Gasteiger partial charge in [0.2, 0.25) is 5.91 Å². The molecule has 0 aromatic carbocycles. The molecule has 112 valence electrons. The first-order valence-corrected chi connectivity index (χ1v) is 7.47. The van der Waals surface area contributed by atoms with Crippen molar-refractivity contribution in [3.8, 4) is 0 Å². The van der Waals surface area contributed by atoms with Gasteiger partial charge in [0, 0.05) is 31.5 Å². The van der Waals surface area contributed by atoms with Crippen LogP contribution in [0, 0.1) is 5.41 Å². The van der Waals surface area contributed by atoms with E-state index in [1.807, 2.05) is 27.1 Å². The summed E-state index contributed by atoms with van der Waals surface area (Å²) in [5, 5.41) is 0. The Morgan fingerprint density at radius 1 is 1.60 bits per heavy atom. The lowest BCUT2D eigenvalue weighted by Crippen LogP contribution is -2.35. The number of likely N-dealkylation sites (N-methyl/N-ethyl adjacent to an activating group) is 1. The second-order valence-corrected chi connectivity index (χ2v) is 6.81. The summed E-state index contributed by atoms with van der Waals surface area (Å²) in [7, 11) is 1.85. The summed E-state index contributed by atoms with van der Waals surface area (Å²) < 4.78 is 2.12. The third-order valence-electron chi connectivity index (χ3n) is 4.50. The van der Waals surface area contributed by atoms with E-state index in [0.29, 0.717) is 0 Å². The van der Waals surface area contributed by atoms with E-state index in [-0.39, 0.29) is 23.4 Å². The molecule has 0 radical (unpaired) electrons. The molecule has 2 N–H and O–H groups in total. The standard InChI is InChI=1S/C16H27N3O/c1-6-18(5)15(20)11(2)19-8-7-12-13(17)9-16(3,4)10-14(12)19/h7-8,11,13H,6,9-10,17H2,1-5H3. The van der Waals surface area contributed by atoms with Crippen LogP contribution in [0.5, 0.6) is 0 Å². The Balaban J connectivity index is 2.34. The van der Waals surface area contributed by atoms with Crippen LogP contribution < -0.4 is 5.73 Å². The highest BCUT2D eigenvalue weighted by Gasteiger charge is 2.34. The fourth-order valence-corrected chi connectivity index (χ4v) is 3.21. The van der Waals surface area contributed by atoms with E-state index >= 15 is 0 Å². The number of fused-ring (bicyclic) bond motifs is 1. The maximum absolute atomic E-state index is 12.4. The second kappa shape index (κ2) is 5.24. The van der Waals surface area contributed by atoms with E-state index in [9.17, 15) is 4.79 Å². The fourth-order valence-electron chi connectivity index (χ4n) is 3.21. The van der Waals surface area contributed by atoms with Gasteiger partial charge < -0.3 is 15.2 Å². The number of amides is 1. The number of carbonyl (C=O) groups is 1. The molecule has 1 aliphatic carbocycles. The summed E-state index contributed by atoms with van der Waals surface area (Å²) in [4.78, 5) is 14.1. The van der Waals surface area contributed by atoms with Crippen molar-refractivity contribution in [3.63, 3.8) is 0 Å². The van der Waals surface area contributed by atoms with Gasteiger partial charge in [0.05, 0.1) is 0 Å². The maximum atomic E-state index is 12.4. The van der Waals surface area contributed by atoms with Crippen molar-refractivity contribution in [1.29, 1.82) is 0 Å². The van der Waals surface area contributed by atoms with Gasteiger partial charge in [0.25, 0.3) is 0 Å². The van der Waals surface area contributed by atoms with Gasteiger partial charge in [-0.15, -0.1) is 0 Å². The lowest BCUT2D eigenvalue weighted by atomic mass is 9.74. The second-order valence-electron chi connectivity index (χ2n) is 6.81. The number of nitrogens with zero attached hydrogens (tertiary/aromatic N) is 2. The number of hydrogen-bond donors (Lipinski definition) is 1. The van der Waals surface area contributed by atoms with E-state index < -0.39 is 0 Å². The molecule has 0 fully saturated rings. The van der Waals surface area contributed by atoms with Gasteiger partial charge >= 0.3 is 0 Å². The highest BCUT2D eigenvalue weighted by atomic mass is 16.2. The predicted octanol–water partition coefficient (Wildman–Crippen LogP) is 2.50. The normalized spacial score (nSPS) is 22.2. The monoisotopic (exact) mass is 277 g/mol. The molecule has 1 aromatic rings. The number of nitrogens with two attached hydrogens (primary N) is 1. The van der Waals surface area contributed by atoms with Crippen molar-refractivity contribution < 1.29 is 4.79 Å². The maximum Gasteiger partial charge on any atom is 0.245 e. The Labute approximate surface area is 121 Å². The first kappa shape index (κ1) is 15.1. The van der Waals surface area contributed by atoms with Crippen molar-refractivity contribution in [2.45, 2.75) is 52.6 Å². The summed E-state index contributed by atoms with van der Waals surface area (Å²) >= 11 is 0. The summed E-state index contributed by atoms with van der Waals surface area (Å²) in [6, 6.07) is 2.01. The summed E-state index contributed by atoms with van der Waals surface area (Å²) in [6.07, 6.45) is 4.01. The zero-order chi connectivity index (χ0) is 15.1. The molecule has 2 unspecified atom stereocenters. The molecule has 2 rings (SSSR count). The van der Waals surface area contributed by atoms with Crippen LogP contribution in [-0.2, 0) is 11.2 Å². The molecule has 0 saturated heterocycles. The van der Waals surface area contributed by atoms with Gasteiger partial charge in [-0.2, -0.15) is 0 Å². The zero-order valence-electron chi connectivity index (χ0n) is 13.3. The minimum Gasteiger partial charge on any atom is -0.344 e. The molecule has 4 nitrogen and oxygen atoms in total. The molecule has 20 heavy (non-hydrogen) atoms. The van der Waals surface area contributed by atoms with Gasteiger partial charge in [0.1, 0.15) is 6.04 Å². The Morgan fingerprint density at radius 2 is 2.25 bits per heavy atom. The molecule has 0 aliphatic heterocycles. The highest BCUT2D eigenvalue weighted by molar-refractivity contribution is 5.80. The topological polar surface area (TPSA) is 51.3 Å². The van der Waals surface area contributed by atoms with Crippen LogP contribution in [0.4, 0.5) is 0 Å². The van der Waals surface area contributed by atoms with Crippen molar-refractivity contribution >= 4 is 5.91 Å². The summed E-state index contributed by atoms with van der Waals surface area (Å²) in [5.74, 6) is 0.155. The smallest absolute Gasteiger partial charge is 0.245 e. The third-order valence-corrected chi connectivity index (χ3v) is 4.50. The van der Waals surface area contributed by atoms with Crippen LogP contribution in [0.25, 0.3) is 0 Å². The van der Waals surface area contributed by atoms with Crippen LogP contribution in [-0.4, -0.2) is 29.0 Å². The van der Waals surface area contributed by atoms with Gasteiger partial charge in [-0.1, -0.05) is 13.8 Å². The molecular weight excluding hydrogens is 250 g/mol. The first-order chi connectivity index (χ1) is 9.26. The molecule has 4 heteroatoms. The quantitative estimate of drug-likeness (QED) is 0.923. The summed E-state index contributed by atoms with van der Waals surface area (Å²) in [5.41, 5.74) is 8.93. The molecule has 0 bridgehead atoms. The molecule has 1 aliphatic rings. The SMILES string of the molecule is CCN(C)C(=O)C(C)n1ccc2c1CC(C)(C)CC2N. The Kier molecular flexibility index (Phi) is 3.96. The van der Waals surface area contributed by atoms with Crippen molar-refractivity contribution in [3.05, 3.63) is 23.5 Å². The van der Waals surface area contributed by atoms with E-state index in [4.69, 9.17) is 5.73 Å². The molecule has 1 heterocycles. The Bertz CT molecular complexity index is 504. The van der Waals surface area contributed by atoms with Crippen LogP contribution in [0.1, 0.15) is 57.5 Å². The van der Waals surface area contributed by atoms with Crippen LogP contribution in [0.3, 0.4) is 0 Å². The van der Waals surface area contributed by atoms with Crippen LogP contribution in [0.15, 0.2) is 12.3 Å². The van der Waals surface area contributed by atoms with E-state index in [0.717, 1.165) is 19.4 Å². The minimum absolute atomic E-state index is 0.0845. The molecule has 2 atom stereocenters. The first-order valence-electron chi connectivity index (χ1n) is 7.47. The Morgan fingerprint density at radius 3 is 2.85 bits per heavy atom. The third kappa shape index (κ3) is 2.62. The van der Waals surface area contributed by atoms with Gasteiger partial charge in [-0.3, -0.25) is 4.79 Å². The average Bonchev–Trinajstić information content (AvgIpc) is 2.78. The molecule has 0 saturated carbocycles. The van der Waals surface area contributed by atoms with Crippen molar-refractivity contribution in [2.75, 3.05) is 13.6 Å². The van der Waals surface area contributed by atoms with Crippen LogP contribution in [0.2, 0.25) is 0 Å². The number of rotatable bonds is 3. The minimum atomic E-state index is -0.162. The van der Waals surface area contributed by atoms with Gasteiger partial charge in [-0.05, 0) is 43.7 Å². The number of carbonyl (C=O) groups excluding carboxylic acids is 1. The van der Waals surface area contributed by atoms with Crippen molar-refractivity contribution in [2.24, 2.45) is 11.1 Å². The Hall–Kier alpha value is -1.29. The largest absolute Gasteiger partial charge is 0.344 e. The van der Waals surface area contributed by atoms with Crippen molar-refractivity contribution in [1.82, 2.24) is 9.47 Å². The lowest BCUT2D eigenvalue weighted by molar-refractivity contribution is -0.132. The van der Waals surface area contributed by atoms with Crippen LogP contribution >= 0.6 is 0 Å². The van der Waals surface area contributed by atoms with Gasteiger partial charge in [-0.25, -0.2) is 0 Å². The number of aromatic nitrogens is 1. The molecular formula is C16H27N3O. The lowest BCUT2D eigenvalue weighted by Gasteiger charge is -2.35. The zero-order valence-corrected chi connectivity index (χ0v) is 13.3. The molecule has 0 spiro atoms. The van der Waals surface area contributed by atoms with E-state index in [2.05, 4.69) is 24.5 Å². The molecule has 1 amide bonds.